The van der Waals surface area contributed by atoms with E-state index in [1.807, 2.05) is 31.2 Å². The molecular weight excluding hydrogens is 228 g/mol. The van der Waals surface area contributed by atoms with E-state index in [2.05, 4.69) is 10.6 Å². The zero-order valence-electron chi connectivity index (χ0n) is 11.0. The van der Waals surface area contributed by atoms with Crippen LogP contribution in [0.2, 0.25) is 0 Å². The van der Waals surface area contributed by atoms with E-state index >= 15 is 0 Å². The van der Waals surface area contributed by atoms with E-state index in [-0.39, 0.29) is 11.3 Å². The lowest BCUT2D eigenvalue weighted by atomic mass is 9.89. The lowest BCUT2D eigenvalue weighted by molar-refractivity contribution is -0.129. The van der Waals surface area contributed by atoms with Crippen molar-refractivity contribution >= 4 is 5.91 Å². The first-order chi connectivity index (χ1) is 8.64. The topological polar surface area (TPSA) is 50.4 Å². The summed E-state index contributed by atoms with van der Waals surface area (Å²) in [5.41, 5.74) is 0.788. The number of hydrogen-bond acceptors (Lipinski definition) is 3. The van der Waals surface area contributed by atoms with Crippen molar-refractivity contribution in [1.29, 1.82) is 0 Å². The first-order valence-electron chi connectivity index (χ1n) is 6.26. The summed E-state index contributed by atoms with van der Waals surface area (Å²) in [4.78, 5) is 12.1. The number of methoxy groups -OCH3 is 1. The van der Waals surface area contributed by atoms with Crippen molar-refractivity contribution in [3.8, 4) is 5.75 Å². The molecule has 1 aliphatic heterocycles. The number of benzene rings is 1. The first kappa shape index (κ1) is 12.9. The Morgan fingerprint density at radius 3 is 3.06 bits per heavy atom. The third-order valence-corrected chi connectivity index (χ3v) is 3.50. The second kappa shape index (κ2) is 5.40. The summed E-state index contributed by atoms with van der Waals surface area (Å²) < 4.78 is 5.16. The number of rotatable bonds is 4. The molecular formula is C14H20N2O2. The Morgan fingerprint density at radius 1 is 1.56 bits per heavy atom. The standard InChI is InChI=1S/C14H20N2O2/c1-14(6-7-15-10-14)13(17)16-9-11-4-3-5-12(8-11)18-2/h3-5,8,15H,6-7,9-10H2,1-2H3,(H,16,17). The summed E-state index contributed by atoms with van der Waals surface area (Å²) in [5.74, 6) is 0.936. The van der Waals surface area contributed by atoms with E-state index in [9.17, 15) is 4.79 Å². The third kappa shape index (κ3) is 2.82. The fraction of sp³-hybridized carbons (Fsp3) is 0.500. The van der Waals surface area contributed by atoms with Gasteiger partial charge in [-0.1, -0.05) is 12.1 Å². The Morgan fingerprint density at radius 2 is 2.39 bits per heavy atom. The fourth-order valence-corrected chi connectivity index (χ4v) is 2.19. The van der Waals surface area contributed by atoms with Crippen molar-refractivity contribution < 1.29 is 9.53 Å². The Balaban J connectivity index is 1.92. The lowest BCUT2D eigenvalue weighted by Crippen LogP contribution is -2.39. The Hall–Kier alpha value is -1.55. The maximum Gasteiger partial charge on any atom is 0.227 e. The van der Waals surface area contributed by atoms with Gasteiger partial charge in [-0.2, -0.15) is 0 Å². The van der Waals surface area contributed by atoms with Crippen LogP contribution in [0.25, 0.3) is 0 Å². The number of hydrogen-bond donors (Lipinski definition) is 2. The van der Waals surface area contributed by atoms with Gasteiger partial charge in [0.1, 0.15) is 5.75 Å². The molecule has 2 N–H and O–H groups in total. The number of nitrogens with one attached hydrogen (secondary N) is 2. The van der Waals surface area contributed by atoms with Gasteiger partial charge in [0.2, 0.25) is 5.91 Å². The van der Waals surface area contributed by atoms with Crippen LogP contribution in [0.4, 0.5) is 0 Å². The van der Waals surface area contributed by atoms with E-state index in [0.29, 0.717) is 6.54 Å². The molecule has 4 heteroatoms. The van der Waals surface area contributed by atoms with Crippen molar-refractivity contribution in [2.24, 2.45) is 5.41 Å². The molecule has 1 aromatic rings. The van der Waals surface area contributed by atoms with E-state index in [1.54, 1.807) is 7.11 Å². The van der Waals surface area contributed by atoms with Gasteiger partial charge in [-0.05, 0) is 37.6 Å². The van der Waals surface area contributed by atoms with Crippen LogP contribution in [0.1, 0.15) is 18.9 Å². The van der Waals surface area contributed by atoms with E-state index in [1.165, 1.54) is 0 Å². The largest absolute Gasteiger partial charge is 0.497 e. The molecule has 98 valence electrons. The van der Waals surface area contributed by atoms with Gasteiger partial charge in [-0.15, -0.1) is 0 Å². The molecule has 1 amide bonds. The summed E-state index contributed by atoms with van der Waals surface area (Å²) in [7, 11) is 1.64. The molecule has 1 aromatic carbocycles. The zero-order chi connectivity index (χ0) is 13.0. The van der Waals surface area contributed by atoms with Gasteiger partial charge < -0.3 is 15.4 Å². The minimum atomic E-state index is -0.265. The van der Waals surface area contributed by atoms with Gasteiger partial charge in [0.15, 0.2) is 0 Å². The summed E-state index contributed by atoms with van der Waals surface area (Å²) in [6.45, 7) is 4.24. The molecule has 0 bridgehead atoms. The zero-order valence-corrected chi connectivity index (χ0v) is 11.0. The van der Waals surface area contributed by atoms with Crippen LogP contribution in [-0.4, -0.2) is 26.1 Å². The number of carbonyl (C=O) groups is 1. The van der Waals surface area contributed by atoms with Crippen LogP contribution in [0, 0.1) is 5.41 Å². The van der Waals surface area contributed by atoms with Crippen molar-refractivity contribution in [2.75, 3.05) is 20.2 Å². The molecule has 1 atom stereocenters. The maximum atomic E-state index is 12.1. The van der Waals surface area contributed by atoms with Crippen LogP contribution >= 0.6 is 0 Å². The quantitative estimate of drug-likeness (QED) is 0.844. The predicted octanol–water partition coefficient (Wildman–Crippen LogP) is 1.31. The molecule has 0 saturated carbocycles. The van der Waals surface area contributed by atoms with Gasteiger partial charge in [0.25, 0.3) is 0 Å². The highest BCUT2D eigenvalue weighted by molar-refractivity contribution is 5.82. The van der Waals surface area contributed by atoms with Gasteiger partial charge in [-0.25, -0.2) is 0 Å². The van der Waals surface area contributed by atoms with Gasteiger partial charge >= 0.3 is 0 Å². The summed E-state index contributed by atoms with van der Waals surface area (Å²) >= 11 is 0. The summed E-state index contributed by atoms with van der Waals surface area (Å²) in [5, 5.41) is 6.23. The molecule has 2 rings (SSSR count). The highest BCUT2D eigenvalue weighted by Crippen LogP contribution is 2.24. The highest BCUT2D eigenvalue weighted by atomic mass is 16.5. The molecule has 1 fully saturated rings. The van der Waals surface area contributed by atoms with Crippen LogP contribution < -0.4 is 15.4 Å². The fourth-order valence-electron chi connectivity index (χ4n) is 2.19. The van der Waals surface area contributed by atoms with Crippen molar-refractivity contribution in [3.63, 3.8) is 0 Å². The number of carbonyl (C=O) groups excluding carboxylic acids is 1. The molecule has 0 aliphatic carbocycles. The third-order valence-electron chi connectivity index (χ3n) is 3.50. The van der Waals surface area contributed by atoms with Crippen LogP contribution in [0.3, 0.4) is 0 Å². The first-order valence-corrected chi connectivity index (χ1v) is 6.26. The Kier molecular flexibility index (Phi) is 3.87. The van der Waals surface area contributed by atoms with E-state index in [0.717, 1.165) is 30.8 Å². The van der Waals surface area contributed by atoms with E-state index in [4.69, 9.17) is 4.74 Å². The Labute approximate surface area is 108 Å². The highest BCUT2D eigenvalue weighted by Gasteiger charge is 2.35. The minimum absolute atomic E-state index is 0.121. The molecule has 1 aliphatic rings. The molecule has 18 heavy (non-hydrogen) atoms. The minimum Gasteiger partial charge on any atom is -0.497 e. The molecule has 1 saturated heterocycles. The van der Waals surface area contributed by atoms with Gasteiger partial charge in [0, 0.05) is 13.1 Å². The summed E-state index contributed by atoms with van der Waals surface area (Å²) in [6.07, 6.45) is 0.900. The average molecular weight is 248 g/mol. The molecule has 1 heterocycles. The van der Waals surface area contributed by atoms with E-state index < -0.39 is 0 Å². The lowest BCUT2D eigenvalue weighted by Gasteiger charge is -2.21. The second-order valence-electron chi connectivity index (χ2n) is 5.02. The predicted molar refractivity (Wildman–Crippen MR) is 70.4 cm³/mol. The van der Waals surface area contributed by atoms with Gasteiger partial charge in [-0.3, -0.25) is 4.79 Å². The molecule has 4 nitrogen and oxygen atoms in total. The van der Waals surface area contributed by atoms with Crippen molar-refractivity contribution in [3.05, 3.63) is 29.8 Å². The maximum absolute atomic E-state index is 12.1. The number of ether oxygens (including phenoxy) is 1. The van der Waals surface area contributed by atoms with Crippen LogP contribution in [0.15, 0.2) is 24.3 Å². The second-order valence-corrected chi connectivity index (χ2v) is 5.02. The average Bonchev–Trinajstić information content (AvgIpc) is 2.84. The smallest absolute Gasteiger partial charge is 0.227 e. The molecule has 0 spiro atoms. The summed E-state index contributed by atoms with van der Waals surface area (Å²) in [6, 6.07) is 7.75. The Bertz CT molecular complexity index is 426. The molecule has 0 aromatic heterocycles. The SMILES string of the molecule is COc1cccc(CNC(=O)C2(C)CCNC2)c1. The monoisotopic (exact) mass is 248 g/mol. The molecule has 1 unspecified atom stereocenters. The van der Waals surface area contributed by atoms with Crippen molar-refractivity contribution in [1.82, 2.24) is 10.6 Å². The molecule has 0 radical (unpaired) electrons. The van der Waals surface area contributed by atoms with Crippen molar-refractivity contribution in [2.45, 2.75) is 19.9 Å². The normalized spacial score (nSPS) is 22.8. The van der Waals surface area contributed by atoms with Gasteiger partial charge in [0.05, 0.1) is 12.5 Å². The van der Waals surface area contributed by atoms with Crippen LogP contribution in [0.5, 0.6) is 5.75 Å². The number of amides is 1. The van der Waals surface area contributed by atoms with Crippen LogP contribution in [-0.2, 0) is 11.3 Å².